The van der Waals surface area contributed by atoms with Crippen molar-refractivity contribution in [2.45, 2.75) is 13.0 Å². The maximum absolute atomic E-state index is 12.9. The van der Waals surface area contributed by atoms with E-state index in [2.05, 4.69) is 20.5 Å². The van der Waals surface area contributed by atoms with Gasteiger partial charge in [0.05, 0.1) is 16.8 Å². The Kier molecular flexibility index (Phi) is 2.90. The molecule has 0 fully saturated rings. The number of aromatic nitrogens is 1. The molecule has 2 heterocycles. The van der Waals surface area contributed by atoms with Gasteiger partial charge < -0.3 is 5.32 Å². The Labute approximate surface area is 132 Å². The van der Waals surface area contributed by atoms with Crippen molar-refractivity contribution in [3.8, 4) is 0 Å². The average Bonchev–Trinajstić information content (AvgIpc) is 3.09. The smallest absolute Gasteiger partial charge is 0.221 e. The fourth-order valence-electron chi connectivity index (χ4n) is 3.00. The van der Waals surface area contributed by atoms with Gasteiger partial charge in [-0.2, -0.15) is 10.2 Å². The van der Waals surface area contributed by atoms with E-state index in [1.807, 2.05) is 12.1 Å². The summed E-state index contributed by atoms with van der Waals surface area (Å²) < 4.78 is 0. The number of fused-ring (bicyclic) bond motifs is 3. The summed E-state index contributed by atoms with van der Waals surface area (Å²) in [5, 5.41) is 11.2. The van der Waals surface area contributed by atoms with Crippen LogP contribution in [0.3, 0.4) is 0 Å². The van der Waals surface area contributed by atoms with Gasteiger partial charge in [0, 0.05) is 24.9 Å². The number of amides is 1. The highest BCUT2D eigenvalue weighted by molar-refractivity contribution is 6.22. The molecule has 1 aromatic heterocycles. The average molecular weight is 304 g/mol. The Balaban J connectivity index is 1.88. The van der Waals surface area contributed by atoms with E-state index < -0.39 is 6.04 Å². The highest BCUT2D eigenvalue weighted by Gasteiger charge is 2.42. The fourth-order valence-corrected chi connectivity index (χ4v) is 3.00. The summed E-state index contributed by atoms with van der Waals surface area (Å²) in [4.78, 5) is 28.4. The molecule has 1 atom stereocenters. The summed E-state index contributed by atoms with van der Waals surface area (Å²) in [6.45, 7) is 1.42. The van der Waals surface area contributed by atoms with Crippen LogP contribution in [0.2, 0.25) is 0 Å². The summed E-state index contributed by atoms with van der Waals surface area (Å²) in [5.41, 5.74) is 3.66. The first-order valence-corrected chi connectivity index (χ1v) is 7.17. The molecule has 0 saturated carbocycles. The number of azo groups is 1. The van der Waals surface area contributed by atoms with E-state index in [9.17, 15) is 9.59 Å². The van der Waals surface area contributed by atoms with Crippen LogP contribution >= 0.6 is 0 Å². The van der Waals surface area contributed by atoms with Gasteiger partial charge in [0.1, 0.15) is 11.7 Å². The number of benzene rings is 1. The van der Waals surface area contributed by atoms with E-state index in [0.29, 0.717) is 22.5 Å². The molecule has 23 heavy (non-hydrogen) atoms. The molecule has 1 unspecified atom stereocenters. The van der Waals surface area contributed by atoms with Gasteiger partial charge in [0.2, 0.25) is 5.91 Å². The van der Waals surface area contributed by atoms with Crippen LogP contribution in [0.1, 0.15) is 34.5 Å². The third-order valence-electron chi connectivity index (χ3n) is 3.91. The molecular formula is C17H12N4O2. The molecule has 0 spiro atoms. The van der Waals surface area contributed by atoms with Crippen molar-refractivity contribution in [3.63, 3.8) is 0 Å². The number of Topliss-reactive ketones (excluding diaryl/α,β-unsaturated/α-hetero) is 1. The molecule has 1 N–H and O–H groups in total. The lowest BCUT2D eigenvalue weighted by Gasteiger charge is -2.07. The summed E-state index contributed by atoms with van der Waals surface area (Å²) in [5.74, 6) is -0.357. The second-order valence-electron chi connectivity index (χ2n) is 5.40. The topological polar surface area (TPSA) is 83.8 Å². The lowest BCUT2D eigenvalue weighted by molar-refractivity contribution is -0.114. The van der Waals surface area contributed by atoms with E-state index in [1.54, 1.807) is 30.6 Å². The quantitative estimate of drug-likeness (QED) is 0.925. The lowest BCUT2D eigenvalue weighted by Crippen LogP contribution is -2.10. The van der Waals surface area contributed by atoms with E-state index in [0.717, 1.165) is 11.1 Å². The van der Waals surface area contributed by atoms with E-state index in [-0.39, 0.29) is 11.7 Å². The van der Waals surface area contributed by atoms with Gasteiger partial charge in [0.15, 0.2) is 5.78 Å². The second kappa shape index (κ2) is 4.95. The predicted octanol–water partition coefficient (Wildman–Crippen LogP) is 3.15. The van der Waals surface area contributed by atoms with Crippen LogP contribution in [0.25, 0.3) is 5.70 Å². The first-order valence-electron chi connectivity index (χ1n) is 7.17. The van der Waals surface area contributed by atoms with Crippen molar-refractivity contribution in [2.75, 3.05) is 5.32 Å². The standard InChI is InChI=1S/C17H12N4O2/c1-9(22)19-12-6-2-5-11-13(12)17(23)14-15(20-21-16(11)14)10-4-3-7-18-8-10/h2-8,16H,1H3,(H,19,22). The molecule has 1 aromatic carbocycles. The molecule has 6 nitrogen and oxygen atoms in total. The number of nitrogens with one attached hydrogen (secondary N) is 1. The van der Waals surface area contributed by atoms with E-state index in [4.69, 9.17) is 0 Å². The zero-order valence-electron chi connectivity index (χ0n) is 12.3. The number of ketones is 1. The summed E-state index contributed by atoms with van der Waals surface area (Å²) in [6, 6.07) is 8.62. The van der Waals surface area contributed by atoms with Crippen LogP contribution in [-0.4, -0.2) is 16.7 Å². The third-order valence-corrected chi connectivity index (χ3v) is 3.91. The number of carbonyl (C=O) groups is 2. The Hall–Kier alpha value is -3.15. The summed E-state index contributed by atoms with van der Waals surface area (Å²) >= 11 is 0. The lowest BCUT2D eigenvalue weighted by atomic mass is 10.0. The number of pyridine rings is 1. The highest BCUT2D eigenvalue weighted by atomic mass is 16.1. The largest absolute Gasteiger partial charge is 0.326 e. The van der Waals surface area contributed by atoms with E-state index >= 15 is 0 Å². The molecule has 1 aliphatic carbocycles. The van der Waals surface area contributed by atoms with Crippen molar-refractivity contribution < 1.29 is 9.59 Å². The van der Waals surface area contributed by atoms with Gasteiger partial charge in [0.25, 0.3) is 0 Å². The minimum atomic E-state index is -0.401. The van der Waals surface area contributed by atoms with Crippen LogP contribution in [0, 0.1) is 0 Å². The minimum Gasteiger partial charge on any atom is -0.326 e. The number of nitrogens with zero attached hydrogens (tertiary/aromatic N) is 3. The molecular weight excluding hydrogens is 292 g/mol. The van der Waals surface area contributed by atoms with Crippen LogP contribution in [-0.2, 0) is 4.79 Å². The Morgan fingerprint density at radius 1 is 1.22 bits per heavy atom. The van der Waals surface area contributed by atoms with Gasteiger partial charge in [-0.25, -0.2) is 0 Å². The second-order valence-corrected chi connectivity index (χ2v) is 5.40. The normalized spacial score (nSPS) is 18.1. The summed E-state index contributed by atoms with van der Waals surface area (Å²) in [6.07, 6.45) is 3.33. The van der Waals surface area contributed by atoms with Crippen LogP contribution in [0.15, 0.2) is 58.5 Å². The van der Waals surface area contributed by atoms with Crippen LogP contribution in [0.4, 0.5) is 5.69 Å². The molecule has 112 valence electrons. The number of rotatable bonds is 2. The molecule has 0 radical (unpaired) electrons. The molecule has 6 heteroatoms. The number of hydrogen-bond donors (Lipinski definition) is 1. The minimum absolute atomic E-state index is 0.141. The zero-order chi connectivity index (χ0) is 16.0. The van der Waals surface area contributed by atoms with E-state index in [1.165, 1.54) is 6.92 Å². The monoisotopic (exact) mass is 304 g/mol. The van der Waals surface area contributed by atoms with Gasteiger partial charge in [-0.3, -0.25) is 14.6 Å². The van der Waals surface area contributed by atoms with Crippen molar-refractivity contribution in [1.82, 2.24) is 4.98 Å². The molecule has 0 saturated heterocycles. The van der Waals surface area contributed by atoms with Gasteiger partial charge in [-0.1, -0.05) is 12.1 Å². The third kappa shape index (κ3) is 1.99. The van der Waals surface area contributed by atoms with Gasteiger partial charge in [-0.05, 0) is 23.8 Å². The summed E-state index contributed by atoms with van der Waals surface area (Å²) in [7, 11) is 0. The molecule has 2 aromatic rings. The van der Waals surface area contributed by atoms with Crippen molar-refractivity contribution in [3.05, 3.63) is 65.0 Å². The Morgan fingerprint density at radius 3 is 2.83 bits per heavy atom. The molecule has 4 rings (SSSR count). The molecule has 1 amide bonds. The fraction of sp³-hybridized carbons (Fsp3) is 0.118. The van der Waals surface area contributed by atoms with Crippen molar-refractivity contribution in [1.29, 1.82) is 0 Å². The Bertz CT molecular complexity index is 900. The van der Waals surface area contributed by atoms with Crippen LogP contribution < -0.4 is 5.32 Å². The predicted molar refractivity (Wildman–Crippen MR) is 83.8 cm³/mol. The first kappa shape index (κ1) is 13.5. The first-order chi connectivity index (χ1) is 11.2. The maximum atomic E-state index is 12.9. The zero-order valence-corrected chi connectivity index (χ0v) is 12.3. The molecule has 1 aliphatic heterocycles. The van der Waals surface area contributed by atoms with Gasteiger partial charge in [-0.15, -0.1) is 0 Å². The Morgan fingerprint density at radius 2 is 2.09 bits per heavy atom. The number of carbonyl (C=O) groups excluding carboxylic acids is 2. The number of anilines is 1. The number of hydrogen-bond acceptors (Lipinski definition) is 5. The molecule has 2 aliphatic rings. The van der Waals surface area contributed by atoms with Crippen molar-refractivity contribution in [2.24, 2.45) is 10.2 Å². The molecule has 0 bridgehead atoms. The van der Waals surface area contributed by atoms with Crippen molar-refractivity contribution >= 4 is 23.1 Å². The maximum Gasteiger partial charge on any atom is 0.221 e. The van der Waals surface area contributed by atoms with Gasteiger partial charge >= 0.3 is 0 Å². The van der Waals surface area contributed by atoms with Crippen LogP contribution in [0.5, 0.6) is 0 Å². The highest BCUT2D eigenvalue weighted by Crippen LogP contribution is 2.48. The SMILES string of the molecule is CC(=O)Nc1cccc2c1C(=O)C1=C(c3cccnc3)N=NC12.